The van der Waals surface area contributed by atoms with Crippen LogP contribution in [0.4, 0.5) is 0 Å². The van der Waals surface area contributed by atoms with Gasteiger partial charge >= 0.3 is 11.9 Å². The molecule has 4 rings (SSSR count). The van der Waals surface area contributed by atoms with Gasteiger partial charge in [-0.25, -0.2) is 9.59 Å². The fourth-order valence-electron chi connectivity index (χ4n) is 4.24. The second-order valence-electron chi connectivity index (χ2n) is 8.32. The van der Waals surface area contributed by atoms with E-state index in [1.807, 2.05) is 13.0 Å². The number of epoxide rings is 2. The average molecular weight is 378 g/mol. The molecule has 3 fully saturated rings. The minimum absolute atomic E-state index is 0.0958. The first-order chi connectivity index (χ1) is 12.7. The lowest BCUT2D eigenvalue weighted by Crippen LogP contribution is -2.41. The zero-order chi connectivity index (χ0) is 19.6. The van der Waals surface area contributed by atoms with Gasteiger partial charge in [-0.05, 0) is 39.7 Å². The van der Waals surface area contributed by atoms with Gasteiger partial charge in [0.15, 0.2) is 5.60 Å². The Morgan fingerprint density at radius 1 is 1.44 bits per heavy atom. The molecule has 0 spiro atoms. The van der Waals surface area contributed by atoms with Gasteiger partial charge in [0.2, 0.25) is 0 Å². The minimum atomic E-state index is -0.975. The summed E-state index contributed by atoms with van der Waals surface area (Å²) >= 11 is 0. The highest BCUT2D eigenvalue weighted by atomic mass is 16.7. The summed E-state index contributed by atoms with van der Waals surface area (Å²) in [4.78, 5) is 24.9. The Balaban J connectivity index is 1.67. The molecule has 0 bridgehead atoms. The highest BCUT2D eigenvalue weighted by Gasteiger charge is 2.62. The Hall–Kier alpha value is -1.70. The predicted molar refractivity (Wildman–Crippen MR) is 93.6 cm³/mol. The molecule has 148 valence electrons. The molecular weight excluding hydrogens is 352 g/mol. The molecule has 7 atom stereocenters. The molecule has 7 heteroatoms. The number of rotatable bonds is 3. The average Bonchev–Trinajstić information content (AvgIpc) is 3.45. The van der Waals surface area contributed by atoms with Crippen LogP contribution in [0.15, 0.2) is 23.8 Å². The summed E-state index contributed by atoms with van der Waals surface area (Å²) in [5.74, 6) is -1.47. The predicted octanol–water partition coefficient (Wildman–Crippen LogP) is 1.43. The highest BCUT2D eigenvalue weighted by Crippen LogP contribution is 2.48. The van der Waals surface area contributed by atoms with E-state index < -0.39 is 41.3 Å². The van der Waals surface area contributed by atoms with Crippen LogP contribution >= 0.6 is 0 Å². The quantitative estimate of drug-likeness (QED) is 0.343. The molecule has 3 heterocycles. The third kappa shape index (κ3) is 3.02. The van der Waals surface area contributed by atoms with E-state index in [-0.39, 0.29) is 30.8 Å². The standard InChI is InChI=1S/C20H26O7/c1-10-5-6-15-20(9-21,27-15)8-14(25-18(23)19(4)12(3)26-19)16-11(2)17(22)24-13(16)7-10/h7,12-16,21H,2,5-6,8-9H2,1,3-4H3/b10-7-/t12-,13+,14+,15+,16-,19+,20-/m0/s1. The molecule has 0 aromatic carbocycles. The Morgan fingerprint density at radius 2 is 2.15 bits per heavy atom. The van der Waals surface area contributed by atoms with Gasteiger partial charge in [0.1, 0.15) is 17.8 Å². The van der Waals surface area contributed by atoms with E-state index in [4.69, 9.17) is 18.9 Å². The topological polar surface area (TPSA) is 97.9 Å². The Morgan fingerprint density at radius 3 is 2.78 bits per heavy atom. The molecule has 0 unspecified atom stereocenters. The monoisotopic (exact) mass is 378 g/mol. The van der Waals surface area contributed by atoms with Crippen LogP contribution < -0.4 is 0 Å². The van der Waals surface area contributed by atoms with Crippen LogP contribution in [0.2, 0.25) is 0 Å². The maximum Gasteiger partial charge on any atom is 0.341 e. The van der Waals surface area contributed by atoms with Gasteiger partial charge < -0.3 is 24.1 Å². The lowest BCUT2D eigenvalue weighted by Gasteiger charge is -2.29. The summed E-state index contributed by atoms with van der Waals surface area (Å²) in [6.07, 6.45) is 2.18. The first-order valence-corrected chi connectivity index (χ1v) is 9.45. The number of esters is 2. The van der Waals surface area contributed by atoms with Gasteiger partial charge in [-0.3, -0.25) is 0 Å². The van der Waals surface area contributed by atoms with Gasteiger partial charge in [-0.1, -0.05) is 12.2 Å². The Labute approximate surface area is 158 Å². The van der Waals surface area contributed by atoms with Crippen LogP contribution in [0.3, 0.4) is 0 Å². The first-order valence-electron chi connectivity index (χ1n) is 9.45. The molecular formula is C20H26O7. The summed E-state index contributed by atoms with van der Waals surface area (Å²) in [6, 6.07) is 0. The zero-order valence-corrected chi connectivity index (χ0v) is 15.9. The summed E-state index contributed by atoms with van der Waals surface area (Å²) in [5, 5.41) is 9.94. The van der Waals surface area contributed by atoms with E-state index in [1.54, 1.807) is 13.8 Å². The molecule has 1 aliphatic carbocycles. The van der Waals surface area contributed by atoms with Crippen molar-refractivity contribution in [2.75, 3.05) is 6.61 Å². The number of ether oxygens (including phenoxy) is 4. The second kappa shape index (κ2) is 6.15. The molecule has 0 aromatic rings. The lowest BCUT2D eigenvalue weighted by molar-refractivity contribution is -0.159. The number of carbonyl (C=O) groups is 2. The second-order valence-corrected chi connectivity index (χ2v) is 8.32. The first kappa shape index (κ1) is 18.7. The molecule has 4 aliphatic rings. The van der Waals surface area contributed by atoms with Crippen molar-refractivity contribution in [3.63, 3.8) is 0 Å². The number of carbonyl (C=O) groups excluding carboxylic acids is 2. The van der Waals surface area contributed by atoms with E-state index >= 15 is 0 Å². The van der Waals surface area contributed by atoms with Crippen LogP contribution in [-0.4, -0.2) is 59.3 Å². The number of fused-ring (bicyclic) bond motifs is 2. The van der Waals surface area contributed by atoms with Crippen molar-refractivity contribution in [2.24, 2.45) is 5.92 Å². The summed E-state index contributed by atoms with van der Waals surface area (Å²) in [6.45, 7) is 9.17. The van der Waals surface area contributed by atoms with Crippen molar-refractivity contribution in [2.45, 2.75) is 75.7 Å². The lowest BCUT2D eigenvalue weighted by atomic mass is 9.82. The SMILES string of the molecule is C=C1C(=O)O[C@@H]2/C=C(/C)CC[C@H]3O[C@]3(CO)C[C@@H](OC(=O)[C@]3(C)O[C@H]3C)[C@@H]12. The van der Waals surface area contributed by atoms with E-state index in [0.717, 1.165) is 18.4 Å². The Kier molecular flexibility index (Phi) is 4.25. The normalized spacial score (nSPS) is 47.9. The van der Waals surface area contributed by atoms with Crippen LogP contribution in [-0.2, 0) is 28.5 Å². The molecule has 7 nitrogen and oxygen atoms in total. The van der Waals surface area contributed by atoms with Crippen molar-refractivity contribution in [1.29, 1.82) is 0 Å². The summed E-state index contributed by atoms with van der Waals surface area (Å²) in [5.41, 5.74) is -0.386. The molecule has 3 aliphatic heterocycles. The van der Waals surface area contributed by atoms with Gasteiger partial charge in [0, 0.05) is 12.0 Å². The summed E-state index contributed by atoms with van der Waals surface area (Å²) in [7, 11) is 0. The third-order valence-corrected chi connectivity index (χ3v) is 6.44. The third-order valence-electron chi connectivity index (χ3n) is 6.44. The number of aliphatic hydroxyl groups excluding tert-OH is 1. The molecule has 0 saturated carbocycles. The van der Waals surface area contributed by atoms with Crippen LogP contribution in [0, 0.1) is 5.92 Å². The smallest absolute Gasteiger partial charge is 0.341 e. The van der Waals surface area contributed by atoms with E-state index in [0.29, 0.717) is 0 Å². The van der Waals surface area contributed by atoms with Crippen molar-refractivity contribution >= 4 is 11.9 Å². The highest BCUT2D eigenvalue weighted by molar-refractivity contribution is 5.91. The van der Waals surface area contributed by atoms with Crippen molar-refractivity contribution < 1.29 is 33.6 Å². The molecule has 1 N–H and O–H groups in total. The maximum atomic E-state index is 12.7. The molecule has 0 amide bonds. The van der Waals surface area contributed by atoms with Crippen LogP contribution in [0.5, 0.6) is 0 Å². The van der Waals surface area contributed by atoms with E-state index in [2.05, 4.69) is 6.58 Å². The number of hydrogen-bond donors (Lipinski definition) is 1. The van der Waals surface area contributed by atoms with Gasteiger partial charge in [0.05, 0.1) is 24.7 Å². The maximum absolute atomic E-state index is 12.7. The summed E-state index contributed by atoms with van der Waals surface area (Å²) < 4.78 is 22.5. The van der Waals surface area contributed by atoms with Gasteiger partial charge in [-0.15, -0.1) is 0 Å². The number of allylic oxidation sites excluding steroid dienone is 1. The molecule has 0 aromatic heterocycles. The molecule has 27 heavy (non-hydrogen) atoms. The van der Waals surface area contributed by atoms with Crippen molar-refractivity contribution in [1.82, 2.24) is 0 Å². The zero-order valence-electron chi connectivity index (χ0n) is 15.9. The van der Waals surface area contributed by atoms with Gasteiger partial charge in [0.25, 0.3) is 0 Å². The number of aliphatic hydroxyl groups is 1. The van der Waals surface area contributed by atoms with E-state index in [9.17, 15) is 14.7 Å². The fraction of sp³-hybridized carbons (Fsp3) is 0.700. The van der Waals surface area contributed by atoms with Crippen molar-refractivity contribution in [3.8, 4) is 0 Å². The molecule has 0 radical (unpaired) electrons. The van der Waals surface area contributed by atoms with Crippen molar-refractivity contribution in [3.05, 3.63) is 23.8 Å². The van der Waals surface area contributed by atoms with Gasteiger partial charge in [-0.2, -0.15) is 0 Å². The minimum Gasteiger partial charge on any atom is -0.459 e. The largest absolute Gasteiger partial charge is 0.459 e. The van der Waals surface area contributed by atoms with Crippen LogP contribution in [0.1, 0.15) is 40.0 Å². The van der Waals surface area contributed by atoms with Crippen LogP contribution in [0.25, 0.3) is 0 Å². The number of hydrogen-bond acceptors (Lipinski definition) is 7. The fourth-order valence-corrected chi connectivity index (χ4v) is 4.24. The van der Waals surface area contributed by atoms with E-state index in [1.165, 1.54) is 0 Å². The molecule has 3 saturated heterocycles. The Bertz CT molecular complexity index is 728.